The van der Waals surface area contributed by atoms with Crippen molar-refractivity contribution in [2.24, 2.45) is 5.73 Å². The molecule has 0 saturated heterocycles. The number of hydrogen-bond donors (Lipinski definition) is 1. The summed E-state index contributed by atoms with van der Waals surface area (Å²) < 4.78 is 20.0. The molecule has 0 aliphatic carbocycles. The predicted octanol–water partition coefficient (Wildman–Crippen LogP) is 4.51. The van der Waals surface area contributed by atoms with Gasteiger partial charge in [-0.2, -0.15) is 0 Å². The topological polar surface area (TPSA) is 35.2 Å². The Morgan fingerprint density at radius 1 is 1.19 bits per heavy atom. The molecule has 2 aromatic rings. The predicted molar refractivity (Wildman–Crippen MR) is 84.4 cm³/mol. The van der Waals surface area contributed by atoms with E-state index in [2.05, 4.69) is 0 Å². The van der Waals surface area contributed by atoms with Gasteiger partial charge in [-0.25, -0.2) is 4.39 Å². The Morgan fingerprint density at radius 2 is 1.95 bits per heavy atom. The normalized spacial score (nSPS) is 12.2. The third-order valence-electron chi connectivity index (χ3n) is 3.61. The second kappa shape index (κ2) is 6.72. The lowest BCUT2D eigenvalue weighted by atomic mass is 10.0. The molecule has 3 heteroatoms. The molecule has 2 N–H and O–H groups in total. The van der Waals surface area contributed by atoms with Crippen LogP contribution in [0.3, 0.4) is 0 Å². The van der Waals surface area contributed by atoms with E-state index in [9.17, 15) is 4.39 Å². The quantitative estimate of drug-likeness (QED) is 0.877. The molecule has 0 saturated carbocycles. The maximum Gasteiger partial charge on any atom is 0.166 e. The number of rotatable bonds is 5. The van der Waals surface area contributed by atoms with E-state index in [4.69, 9.17) is 10.5 Å². The summed E-state index contributed by atoms with van der Waals surface area (Å²) in [4.78, 5) is 0. The molecule has 0 fully saturated rings. The van der Waals surface area contributed by atoms with Crippen LogP contribution in [0.4, 0.5) is 4.39 Å². The minimum atomic E-state index is -0.350. The molecule has 1 unspecified atom stereocenters. The summed E-state index contributed by atoms with van der Waals surface area (Å²) in [6, 6.07) is 10.9. The summed E-state index contributed by atoms with van der Waals surface area (Å²) in [7, 11) is 0. The van der Waals surface area contributed by atoms with E-state index in [1.54, 1.807) is 6.07 Å². The van der Waals surface area contributed by atoms with Crippen LogP contribution >= 0.6 is 0 Å². The van der Waals surface area contributed by atoms with E-state index >= 15 is 0 Å². The fourth-order valence-corrected chi connectivity index (χ4v) is 2.18. The van der Waals surface area contributed by atoms with Gasteiger partial charge < -0.3 is 10.5 Å². The van der Waals surface area contributed by atoms with Gasteiger partial charge >= 0.3 is 0 Å². The molecular formula is C18H22FNO. The molecule has 0 aromatic heterocycles. The van der Waals surface area contributed by atoms with Crippen LogP contribution in [0.2, 0.25) is 0 Å². The van der Waals surface area contributed by atoms with Gasteiger partial charge in [0.15, 0.2) is 11.6 Å². The molecule has 0 radical (unpaired) electrons. The molecule has 2 aromatic carbocycles. The Labute approximate surface area is 125 Å². The van der Waals surface area contributed by atoms with Crippen molar-refractivity contribution in [3.63, 3.8) is 0 Å². The van der Waals surface area contributed by atoms with Crippen molar-refractivity contribution in [2.45, 2.75) is 39.7 Å². The maximum absolute atomic E-state index is 14.2. The highest BCUT2D eigenvalue weighted by Crippen LogP contribution is 2.31. The second-order valence-electron chi connectivity index (χ2n) is 5.47. The van der Waals surface area contributed by atoms with E-state index in [-0.39, 0.29) is 17.6 Å². The highest BCUT2D eigenvalue weighted by Gasteiger charge is 2.14. The Balaban J connectivity index is 2.36. The highest BCUT2D eigenvalue weighted by molar-refractivity contribution is 5.43. The first-order chi connectivity index (χ1) is 10.0. The zero-order valence-corrected chi connectivity index (χ0v) is 12.8. The molecule has 0 aliphatic rings. The second-order valence-corrected chi connectivity index (χ2v) is 5.47. The molecule has 0 bridgehead atoms. The van der Waals surface area contributed by atoms with Crippen LogP contribution < -0.4 is 10.5 Å². The first kappa shape index (κ1) is 15.5. The molecule has 21 heavy (non-hydrogen) atoms. The number of nitrogens with two attached hydrogens (primary N) is 1. The van der Waals surface area contributed by atoms with E-state index in [0.717, 1.165) is 23.1 Å². The molecule has 0 heterocycles. The lowest BCUT2D eigenvalue weighted by Gasteiger charge is -2.16. The average molecular weight is 287 g/mol. The minimum Gasteiger partial charge on any atom is -0.454 e. The molecule has 0 amide bonds. The van der Waals surface area contributed by atoms with Crippen molar-refractivity contribution >= 4 is 0 Å². The van der Waals surface area contributed by atoms with Crippen molar-refractivity contribution in [3.05, 3.63) is 58.9 Å². The van der Waals surface area contributed by atoms with Gasteiger partial charge in [0.05, 0.1) is 0 Å². The van der Waals surface area contributed by atoms with Gasteiger partial charge in [0.2, 0.25) is 0 Å². The average Bonchev–Trinajstić information content (AvgIpc) is 2.46. The number of para-hydroxylation sites is 1. The molecule has 2 rings (SSSR count). The Morgan fingerprint density at radius 3 is 2.67 bits per heavy atom. The maximum atomic E-state index is 14.2. The summed E-state index contributed by atoms with van der Waals surface area (Å²) in [6.07, 6.45) is 1.45. The Kier molecular flexibility index (Phi) is 4.97. The molecule has 0 aliphatic heterocycles. The van der Waals surface area contributed by atoms with Crippen LogP contribution in [0.25, 0.3) is 0 Å². The van der Waals surface area contributed by atoms with Crippen molar-refractivity contribution in [1.82, 2.24) is 0 Å². The van der Waals surface area contributed by atoms with E-state index < -0.39 is 0 Å². The lowest BCUT2D eigenvalue weighted by Crippen LogP contribution is -2.21. The zero-order valence-electron chi connectivity index (χ0n) is 12.8. The van der Waals surface area contributed by atoms with E-state index in [0.29, 0.717) is 12.2 Å². The lowest BCUT2D eigenvalue weighted by molar-refractivity contribution is 0.430. The van der Waals surface area contributed by atoms with Crippen molar-refractivity contribution in [3.8, 4) is 11.5 Å². The third-order valence-corrected chi connectivity index (χ3v) is 3.61. The first-order valence-corrected chi connectivity index (χ1v) is 7.29. The SMILES string of the molecule is CCC(N)Cc1cccc(F)c1Oc1cc(C)ccc1C. The zero-order chi connectivity index (χ0) is 15.4. The van der Waals surface area contributed by atoms with Gasteiger partial charge in [-0.3, -0.25) is 0 Å². The van der Waals surface area contributed by atoms with Crippen LogP contribution in [0.5, 0.6) is 11.5 Å². The molecule has 2 nitrogen and oxygen atoms in total. The molecule has 112 valence electrons. The summed E-state index contributed by atoms with van der Waals surface area (Å²) in [6.45, 7) is 5.96. The van der Waals surface area contributed by atoms with Crippen LogP contribution in [0.1, 0.15) is 30.0 Å². The molecular weight excluding hydrogens is 265 g/mol. The number of benzene rings is 2. The van der Waals surface area contributed by atoms with Crippen molar-refractivity contribution in [1.29, 1.82) is 0 Å². The molecule has 1 atom stereocenters. The van der Waals surface area contributed by atoms with Crippen LogP contribution in [0, 0.1) is 19.7 Å². The van der Waals surface area contributed by atoms with Gasteiger partial charge in [0.1, 0.15) is 5.75 Å². The van der Waals surface area contributed by atoms with Gasteiger partial charge in [0, 0.05) is 6.04 Å². The first-order valence-electron chi connectivity index (χ1n) is 7.29. The summed E-state index contributed by atoms with van der Waals surface area (Å²) in [5.74, 6) is 0.623. The summed E-state index contributed by atoms with van der Waals surface area (Å²) in [5.41, 5.74) is 8.87. The van der Waals surface area contributed by atoms with E-state index in [1.807, 2.05) is 45.0 Å². The van der Waals surface area contributed by atoms with Crippen LogP contribution in [-0.2, 0) is 6.42 Å². The summed E-state index contributed by atoms with van der Waals surface area (Å²) >= 11 is 0. The van der Waals surface area contributed by atoms with Gasteiger partial charge in [-0.15, -0.1) is 0 Å². The van der Waals surface area contributed by atoms with Gasteiger partial charge in [-0.05, 0) is 55.5 Å². The van der Waals surface area contributed by atoms with Crippen molar-refractivity contribution in [2.75, 3.05) is 0 Å². The standard InChI is InChI=1S/C18H22FNO/c1-4-15(20)11-14-6-5-7-16(19)18(14)21-17-10-12(2)8-9-13(17)3/h5-10,15H,4,11,20H2,1-3H3. The monoisotopic (exact) mass is 287 g/mol. The Bertz CT molecular complexity index is 625. The van der Waals surface area contributed by atoms with E-state index in [1.165, 1.54) is 6.07 Å². The fourth-order valence-electron chi connectivity index (χ4n) is 2.18. The minimum absolute atomic E-state index is 0.00718. The molecule has 0 spiro atoms. The number of aryl methyl sites for hydroxylation is 2. The largest absolute Gasteiger partial charge is 0.454 e. The van der Waals surface area contributed by atoms with Crippen LogP contribution in [-0.4, -0.2) is 6.04 Å². The third kappa shape index (κ3) is 3.82. The number of halogens is 1. The summed E-state index contributed by atoms with van der Waals surface area (Å²) in [5, 5.41) is 0. The smallest absolute Gasteiger partial charge is 0.166 e. The Hall–Kier alpha value is -1.87. The highest BCUT2D eigenvalue weighted by atomic mass is 19.1. The number of hydrogen-bond acceptors (Lipinski definition) is 2. The van der Waals surface area contributed by atoms with Gasteiger partial charge in [0.25, 0.3) is 0 Å². The van der Waals surface area contributed by atoms with Crippen LogP contribution in [0.15, 0.2) is 36.4 Å². The van der Waals surface area contributed by atoms with Gasteiger partial charge in [-0.1, -0.05) is 31.2 Å². The number of ether oxygens (including phenoxy) is 1. The van der Waals surface area contributed by atoms with Crippen molar-refractivity contribution < 1.29 is 9.13 Å². The fraction of sp³-hybridized carbons (Fsp3) is 0.333.